The second-order valence-electron chi connectivity index (χ2n) is 5.91. The second-order valence-corrected chi connectivity index (χ2v) is 6.92. The topological polar surface area (TPSA) is 79.2 Å². The molecule has 28 heavy (non-hydrogen) atoms. The molecule has 1 amide bonds. The quantitative estimate of drug-likeness (QED) is 0.605. The lowest BCUT2D eigenvalue weighted by atomic mass is 10.2. The summed E-state index contributed by atoms with van der Waals surface area (Å²) in [6, 6.07) is 13.4. The number of ether oxygens (including phenoxy) is 1. The first kappa shape index (κ1) is 19.7. The van der Waals surface area contributed by atoms with Gasteiger partial charge in [0.15, 0.2) is 5.17 Å². The minimum atomic E-state index is -0.374. The number of nitrogens with zero attached hydrogens (tertiary/aromatic N) is 2. The first-order valence-corrected chi connectivity index (χ1v) is 9.69. The standard InChI is InChI=1S/C21H20N2O4S/c1-3-23-19(25)18(13-14-5-11-17(24)12-6-14)28-21(23)22-16-9-7-15(8-10-16)20(26)27-4-2/h5-13,24H,3-4H2,1-2H3. The van der Waals surface area contributed by atoms with E-state index in [0.717, 1.165) is 5.56 Å². The molecule has 1 aliphatic rings. The molecule has 3 rings (SSSR count). The van der Waals surface area contributed by atoms with Crippen LogP contribution in [0.25, 0.3) is 6.08 Å². The summed E-state index contributed by atoms with van der Waals surface area (Å²) in [5.41, 5.74) is 1.93. The predicted molar refractivity (Wildman–Crippen MR) is 111 cm³/mol. The summed E-state index contributed by atoms with van der Waals surface area (Å²) in [6.45, 7) is 4.47. The Morgan fingerprint density at radius 3 is 2.43 bits per heavy atom. The fraction of sp³-hybridized carbons (Fsp3) is 0.190. The zero-order chi connectivity index (χ0) is 20.1. The van der Waals surface area contributed by atoms with Crippen LogP contribution in [0, 0.1) is 0 Å². The first-order chi connectivity index (χ1) is 13.5. The number of carbonyl (C=O) groups is 2. The van der Waals surface area contributed by atoms with Crippen molar-refractivity contribution in [1.29, 1.82) is 0 Å². The van der Waals surface area contributed by atoms with Crippen molar-refractivity contribution in [2.24, 2.45) is 4.99 Å². The molecule has 6 nitrogen and oxygen atoms in total. The number of amidine groups is 1. The lowest BCUT2D eigenvalue weighted by molar-refractivity contribution is -0.122. The highest BCUT2D eigenvalue weighted by Crippen LogP contribution is 2.34. The van der Waals surface area contributed by atoms with Gasteiger partial charge in [-0.3, -0.25) is 9.69 Å². The molecule has 0 saturated carbocycles. The molecule has 0 unspecified atom stereocenters. The number of phenols is 1. The summed E-state index contributed by atoms with van der Waals surface area (Å²) in [6.07, 6.45) is 1.78. The summed E-state index contributed by atoms with van der Waals surface area (Å²) in [5, 5.41) is 9.97. The molecule has 2 aromatic rings. The molecule has 0 aromatic heterocycles. The van der Waals surface area contributed by atoms with Gasteiger partial charge in [-0.2, -0.15) is 0 Å². The third-order valence-electron chi connectivity index (χ3n) is 4.00. The molecule has 0 radical (unpaired) electrons. The number of aliphatic imine (C=N–C) groups is 1. The normalized spacial score (nSPS) is 16.8. The zero-order valence-corrected chi connectivity index (χ0v) is 16.4. The maximum Gasteiger partial charge on any atom is 0.338 e. The smallest absolute Gasteiger partial charge is 0.338 e. The summed E-state index contributed by atoms with van der Waals surface area (Å²) < 4.78 is 4.97. The minimum Gasteiger partial charge on any atom is -0.508 e. The van der Waals surface area contributed by atoms with Gasteiger partial charge in [-0.15, -0.1) is 0 Å². The monoisotopic (exact) mass is 396 g/mol. The molecule has 0 spiro atoms. The fourth-order valence-electron chi connectivity index (χ4n) is 2.59. The van der Waals surface area contributed by atoms with E-state index in [0.29, 0.717) is 34.5 Å². The molecule has 1 saturated heterocycles. The third-order valence-corrected chi connectivity index (χ3v) is 5.00. The Labute approximate surface area is 167 Å². The SMILES string of the molecule is CCOC(=O)c1ccc(N=C2SC(=Cc3ccc(O)cc3)C(=O)N2CC)cc1. The van der Waals surface area contributed by atoms with E-state index in [1.54, 1.807) is 66.4 Å². The van der Waals surface area contributed by atoms with Gasteiger partial charge in [-0.1, -0.05) is 12.1 Å². The van der Waals surface area contributed by atoms with Crippen LogP contribution in [0.4, 0.5) is 5.69 Å². The predicted octanol–water partition coefficient (Wildman–Crippen LogP) is 4.19. The van der Waals surface area contributed by atoms with Crippen molar-refractivity contribution >= 4 is 40.6 Å². The largest absolute Gasteiger partial charge is 0.508 e. The number of likely N-dealkylation sites (N-methyl/N-ethyl adjacent to an activating group) is 1. The van der Waals surface area contributed by atoms with Gasteiger partial charge in [0.2, 0.25) is 0 Å². The Morgan fingerprint density at radius 1 is 1.14 bits per heavy atom. The highest BCUT2D eigenvalue weighted by atomic mass is 32.2. The van der Waals surface area contributed by atoms with Crippen molar-refractivity contribution in [2.45, 2.75) is 13.8 Å². The molecular formula is C21H20N2O4S. The maximum absolute atomic E-state index is 12.7. The van der Waals surface area contributed by atoms with Crippen molar-refractivity contribution in [3.05, 3.63) is 64.6 Å². The molecule has 0 atom stereocenters. The average molecular weight is 396 g/mol. The van der Waals surface area contributed by atoms with Crippen LogP contribution < -0.4 is 0 Å². The Hall–Kier alpha value is -3.06. The van der Waals surface area contributed by atoms with Gasteiger partial charge in [0.05, 0.1) is 22.8 Å². The van der Waals surface area contributed by atoms with Crippen LogP contribution in [0.15, 0.2) is 58.4 Å². The van der Waals surface area contributed by atoms with Crippen LogP contribution in [0.2, 0.25) is 0 Å². The third kappa shape index (κ3) is 4.43. The number of carbonyl (C=O) groups excluding carboxylic acids is 2. The number of thioether (sulfide) groups is 1. The second kappa shape index (κ2) is 8.75. The van der Waals surface area contributed by atoms with Gasteiger partial charge in [0, 0.05) is 6.54 Å². The van der Waals surface area contributed by atoms with E-state index in [4.69, 9.17) is 4.74 Å². The highest BCUT2D eigenvalue weighted by Gasteiger charge is 2.32. The van der Waals surface area contributed by atoms with Crippen LogP contribution in [-0.2, 0) is 9.53 Å². The van der Waals surface area contributed by atoms with Gasteiger partial charge in [0.25, 0.3) is 5.91 Å². The van der Waals surface area contributed by atoms with Crippen LogP contribution in [0.1, 0.15) is 29.8 Å². The van der Waals surface area contributed by atoms with Crippen molar-refractivity contribution in [2.75, 3.05) is 13.2 Å². The Kier molecular flexibility index (Phi) is 6.16. The van der Waals surface area contributed by atoms with Gasteiger partial charge < -0.3 is 9.84 Å². The van der Waals surface area contributed by atoms with Crippen molar-refractivity contribution in [3.63, 3.8) is 0 Å². The summed E-state index contributed by atoms with van der Waals surface area (Å²) in [4.78, 5) is 31.1. The Bertz CT molecular complexity index is 934. The molecule has 2 aromatic carbocycles. The number of benzene rings is 2. The molecule has 1 heterocycles. The first-order valence-electron chi connectivity index (χ1n) is 8.88. The van der Waals surface area contributed by atoms with E-state index in [1.165, 1.54) is 11.8 Å². The minimum absolute atomic E-state index is 0.109. The number of amides is 1. The van der Waals surface area contributed by atoms with E-state index in [1.807, 2.05) is 6.92 Å². The number of rotatable bonds is 5. The van der Waals surface area contributed by atoms with Crippen LogP contribution in [0.5, 0.6) is 5.75 Å². The molecule has 1 fully saturated rings. The molecule has 7 heteroatoms. The summed E-state index contributed by atoms with van der Waals surface area (Å²) in [7, 11) is 0. The van der Waals surface area contributed by atoms with Crippen molar-refractivity contribution < 1.29 is 19.4 Å². The highest BCUT2D eigenvalue weighted by molar-refractivity contribution is 8.18. The molecule has 144 valence electrons. The van der Waals surface area contributed by atoms with E-state index in [-0.39, 0.29) is 17.6 Å². The van der Waals surface area contributed by atoms with Crippen molar-refractivity contribution in [3.8, 4) is 5.75 Å². The Balaban J connectivity index is 1.83. The molecule has 1 aliphatic heterocycles. The summed E-state index contributed by atoms with van der Waals surface area (Å²) >= 11 is 1.30. The van der Waals surface area contributed by atoms with E-state index < -0.39 is 0 Å². The lowest BCUT2D eigenvalue weighted by Crippen LogP contribution is -2.28. The molecule has 1 N–H and O–H groups in total. The summed E-state index contributed by atoms with van der Waals surface area (Å²) in [5.74, 6) is -0.305. The molecule has 0 bridgehead atoms. The average Bonchev–Trinajstić information content (AvgIpc) is 2.98. The lowest BCUT2D eigenvalue weighted by Gasteiger charge is -2.12. The van der Waals surface area contributed by atoms with Crippen molar-refractivity contribution in [1.82, 2.24) is 4.90 Å². The van der Waals surface area contributed by atoms with Gasteiger partial charge >= 0.3 is 5.97 Å². The Morgan fingerprint density at radius 2 is 1.82 bits per heavy atom. The van der Waals surface area contributed by atoms with Crippen LogP contribution >= 0.6 is 11.8 Å². The van der Waals surface area contributed by atoms with E-state index in [9.17, 15) is 14.7 Å². The fourth-order valence-corrected chi connectivity index (χ4v) is 3.65. The van der Waals surface area contributed by atoms with Gasteiger partial charge in [0.1, 0.15) is 5.75 Å². The van der Waals surface area contributed by atoms with Crippen LogP contribution in [-0.4, -0.2) is 40.2 Å². The van der Waals surface area contributed by atoms with Gasteiger partial charge in [-0.25, -0.2) is 9.79 Å². The number of aromatic hydroxyl groups is 1. The number of phenolic OH excluding ortho intramolecular Hbond substituents is 1. The van der Waals surface area contributed by atoms with E-state index in [2.05, 4.69) is 4.99 Å². The van der Waals surface area contributed by atoms with E-state index >= 15 is 0 Å². The molecular weight excluding hydrogens is 376 g/mol. The number of hydrogen-bond acceptors (Lipinski definition) is 6. The number of hydrogen-bond donors (Lipinski definition) is 1. The molecule has 0 aliphatic carbocycles. The number of esters is 1. The maximum atomic E-state index is 12.7. The van der Waals surface area contributed by atoms with Gasteiger partial charge in [-0.05, 0) is 73.6 Å². The van der Waals surface area contributed by atoms with Crippen LogP contribution in [0.3, 0.4) is 0 Å². The zero-order valence-electron chi connectivity index (χ0n) is 15.6.